The minimum Gasteiger partial charge on any atom is -0.369 e. The van der Waals surface area contributed by atoms with Crippen molar-refractivity contribution in [3.8, 4) is 11.3 Å². The molecule has 0 saturated heterocycles. The Balaban J connectivity index is 1.61. The molecule has 33 heavy (non-hydrogen) atoms. The van der Waals surface area contributed by atoms with Crippen LogP contribution in [-0.4, -0.2) is 44.4 Å². The first-order valence-electron chi connectivity index (χ1n) is 10.2. The Morgan fingerprint density at radius 1 is 1.03 bits per heavy atom. The van der Waals surface area contributed by atoms with Crippen LogP contribution in [-0.2, 0) is 0 Å². The normalized spacial score (nSPS) is 11.9. The number of benzene rings is 1. The Morgan fingerprint density at radius 3 is 2.52 bits per heavy atom. The standard InChI is InChI=1S/C23H21F2N7O/c1-12(7-29-19-6-18(31-11-32-19)14-8-27-13(2)28-9-14)15-4-5-16(24)20-21(23(33)26-3)17(25)10-30-22(15)20/h4-6,8-12H,7H2,1-3H3,(H,26,33)(H,29,31,32). The maximum atomic E-state index is 14.6. The zero-order chi connectivity index (χ0) is 23.5. The van der Waals surface area contributed by atoms with E-state index in [1.807, 2.05) is 6.92 Å². The molecule has 0 spiro atoms. The highest BCUT2D eigenvalue weighted by molar-refractivity contribution is 6.07. The van der Waals surface area contributed by atoms with Gasteiger partial charge in [-0.05, 0) is 18.6 Å². The number of nitrogens with zero attached hydrogens (tertiary/aromatic N) is 5. The summed E-state index contributed by atoms with van der Waals surface area (Å²) in [6.07, 6.45) is 5.76. The second kappa shape index (κ2) is 9.19. The molecule has 0 aliphatic heterocycles. The highest BCUT2D eigenvalue weighted by Gasteiger charge is 2.22. The van der Waals surface area contributed by atoms with Crippen LogP contribution in [0.5, 0.6) is 0 Å². The molecule has 4 rings (SSSR count). The molecule has 1 aromatic carbocycles. The van der Waals surface area contributed by atoms with E-state index in [0.29, 0.717) is 29.4 Å². The van der Waals surface area contributed by atoms with Gasteiger partial charge in [0, 0.05) is 43.5 Å². The zero-order valence-corrected chi connectivity index (χ0v) is 18.2. The highest BCUT2D eigenvalue weighted by atomic mass is 19.1. The molecule has 4 aromatic rings. The van der Waals surface area contributed by atoms with Crippen LogP contribution < -0.4 is 10.6 Å². The van der Waals surface area contributed by atoms with Gasteiger partial charge in [-0.25, -0.2) is 28.7 Å². The Bertz CT molecular complexity index is 1330. The minimum atomic E-state index is -0.878. The van der Waals surface area contributed by atoms with Crippen molar-refractivity contribution in [1.29, 1.82) is 0 Å². The molecular formula is C23H21F2N7O. The van der Waals surface area contributed by atoms with Crippen LogP contribution in [0, 0.1) is 18.6 Å². The maximum Gasteiger partial charge on any atom is 0.254 e. The fraction of sp³-hybridized carbons (Fsp3) is 0.217. The summed E-state index contributed by atoms with van der Waals surface area (Å²) in [6, 6.07) is 4.60. The number of hydrogen-bond acceptors (Lipinski definition) is 7. The van der Waals surface area contributed by atoms with E-state index in [-0.39, 0.29) is 22.4 Å². The van der Waals surface area contributed by atoms with Gasteiger partial charge in [0.1, 0.15) is 23.8 Å². The van der Waals surface area contributed by atoms with Gasteiger partial charge in [0.25, 0.3) is 5.91 Å². The summed E-state index contributed by atoms with van der Waals surface area (Å²) in [6.45, 7) is 4.15. The van der Waals surface area contributed by atoms with Gasteiger partial charge in [0.2, 0.25) is 0 Å². The SMILES string of the molecule is CNC(=O)c1c(F)cnc2c(C(C)CNc3cc(-c4cnc(C)nc4)ncn3)ccc(F)c12. The largest absolute Gasteiger partial charge is 0.369 e. The monoisotopic (exact) mass is 449 g/mol. The van der Waals surface area contributed by atoms with Crippen molar-refractivity contribution in [2.24, 2.45) is 0 Å². The van der Waals surface area contributed by atoms with Crippen molar-refractivity contribution in [2.75, 3.05) is 18.9 Å². The summed E-state index contributed by atoms with van der Waals surface area (Å²) >= 11 is 0. The summed E-state index contributed by atoms with van der Waals surface area (Å²) in [4.78, 5) is 33.1. The predicted molar refractivity (Wildman–Crippen MR) is 120 cm³/mol. The van der Waals surface area contributed by atoms with E-state index >= 15 is 0 Å². The molecular weight excluding hydrogens is 428 g/mol. The highest BCUT2D eigenvalue weighted by Crippen LogP contribution is 2.30. The number of fused-ring (bicyclic) bond motifs is 1. The first-order chi connectivity index (χ1) is 15.9. The summed E-state index contributed by atoms with van der Waals surface area (Å²) in [7, 11) is 1.36. The van der Waals surface area contributed by atoms with Gasteiger partial charge in [-0.3, -0.25) is 9.78 Å². The number of nitrogens with one attached hydrogen (secondary N) is 2. The molecule has 10 heteroatoms. The lowest BCUT2D eigenvalue weighted by Crippen LogP contribution is -2.21. The van der Waals surface area contributed by atoms with Gasteiger partial charge in [-0.1, -0.05) is 13.0 Å². The van der Waals surface area contributed by atoms with E-state index in [9.17, 15) is 13.6 Å². The quantitative estimate of drug-likeness (QED) is 0.463. The molecule has 2 N–H and O–H groups in total. The number of carbonyl (C=O) groups excluding carboxylic acids is 1. The van der Waals surface area contributed by atoms with E-state index in [4.69, 9.17) is 0 Å². The maximum absolute atomic E-state index is 14.6. The van der Waals surface area contributed by atoms with E-state index in [1.165, 1.54) is 19.4 Å². The summed E-state index contributed by atoms with van der Waals surface area (Å²) in [5.41, 5.74) is 1.98. The third-order valence-corrected chi connectivity index (χ3v) is 5.27. The minimum absolute atomic E-state index is 0.137. The number of anilines is 1. The average molecular weight is 449 g/mol. The van der Waals surface area contributed by atoms with E-state index < -0.39 is 17.5 Å². The molecule has 0 aliphatic rings. The fourth-order valence-corrected chi connectivity index (χ4v) is 3.51. The fourth-order valence-electron chi connectivity index (χ4n) is 3.51. The molecule has 3 heterocycles. The van der Waals surface area contributed by atoms with Crippen molar-refractivity contribution >= 4 is 22.6 Å². The van der Waals surface area contributed by atoms with Crippen LogP contribution in [0.1, 0.15) is 34.6 Å². The van der Waals surface area contributed by atoms with Gasteiger partial charge in [0.05, 0.1) is 28.4 Å². The van der Waals surface area contributed by atoms with Crippen LogP contribution in [0.15, 0.2) is 43.1 Å². The number of hydrogen-bond donors (Lipinski definition) is 2. The van der Waals surface area contributed by atoms with Crippen molar-refractivity contribution in [2.45, 2.75) is 19.8 Å². The van der Waals surface area contributed by atoms with Crippen LogP contribution in [0.3, 0.4) is 0 Å². The molecule has 168 valence electrons. The number of halogens is 2. The Morgan fingerprint density at radius 2 is 1.79 bits per heavy atom. The van der Waals surface area contributed by atoms with Crippen LogP contribution in [0.25, 0.3) is 22.2 Å². The lowest BCUT2D eigenvalue weighted by atomic mass is 9.95. The van der Waals surface area contributed by atoms with Crippen LogP contribution >= 0.6 is 0 Å². The van der Waals surface area contributed by atoms with Gasteiger partial charge in [-0.2, -0.15) is 0 Å². The molecule has 0 aliphatic carbocycles. The van der Waals surface area contributed by atoms with Gasteiger partial charge in [0.15, 0.2) is 5.82 Å². The average Bonchev–Trinajstić information content (AvgIpc) is 2.83. The Labute approximate surface area is 188 Å². The van der Waals surface area contributed by atoms with E-state index in [0.717, 1.165) is 11.8 Å². The predicted octanol–water partition coefficient (Wildman–Crippen LogP) is 3.64. The van der Waals surface area contributed by atoms with Gasteiger partial charge < -0.3 is 10.6 Å². The number of aryl methyl sites for hydroxylation is 1. The Hall–Kier alpha value is -4.08. The van der Waals surface area contributed by atoms with Crippen molar-refractivity contribution in [1.82, 2.24) is 30.2 Å². The number of pyridine rings is 1. The third kappa shape index (κ3) is 4.45. The summed E-state index contributed by atoms with van der Waals surface area (Å²) in [5.74, 6) is -1.21. The number of carbonyl (C=O) groups is 1. The molecule has 3 aromatic heterocycles. The van der Waals surface area contributed by atoms with Crippen LogP contribution in [0.2, 0.25) is 0 Å². The van der Waals surface area contributed by atoms with E-state index in [2.05, 4.69) is 35.6 Å². The summed E-state index contributed by atoms with van der Waals surface area (Å²) in [5, 5.41) is 5.45. The molecule has 0 radical (unpaired) electrons. The molecule has 0 saturated carbocycles. The molecule has 0 fully saturated rings. The van der Waals surface area contributed by atoms with Gasteiger partial charge >= 0.3 is 0 Å². The first-order valence-corrected chi connectivity index (χ1v) is 10.2. The van der Waals surface area contributed by atoms with Crippen molar-refractivity contribution in [3.05, 3.63) is 71.7 Å². The topological polar surface area (TPSA) is 106 Å². The number of aromatic nitrogens is 5. The third-order valence-electron chi connectivity index (χ3n) is 5.27. The molecule has 1 atom stereocenters. The zero-order valence-electron chi connectivity index (χ0n) is 18.2. The second-order valence-electron chi connectivity index (χ2n) is 7.51. The lowest BCUT2D eigenvalue weighted by molar-refractivity contribution is 0.0960. The number of amides is 1. The molecule has 1 unspecified atom stereocenters. The molecule has 8 nitrogen and oxygen atoms in total. The van der Waals surface area contributed by atoms with Gasteiger partial charge in [-0.15, -0.1) is 0 Å². The molecule has 1 amide bonds. The second-order valence-corrected chi connectivity index (χ2v) is 7.51. The molecule has 0 bridgehead atoms. The van der Waals surface area contributed by atoms with Crippen molar-refractivity contribution < 1.29 is 13.6 Å². The lowest BCUT2D eigenvalue weighted by Gasteiger charge is -2.17. The first kappa shape index (κ1) is 22.1. The van der Waals surface area contributed by atoms with E-state index in [1.54, 1.807) is 31.5 Å². The smallest absolute Gasteiger partial charge is 0.254 e. The van der Waals surface area contributed by atoms with Crippen LogP contribution in [0.4, 0.5) is 14.6 Å². The Kier molecular flexibility index (Phi) is 6.16. The van der Waals surface area contributed by atoms with Crippen molar-refractivity contribution in [3.63, 3.8) is 0 Å². The number of rotatable bonds is 6. The summed E-state index contributed by atoms with van der Waals surface area (Å²) < 4.78 is 28.9.